The van der Waals surface area contributed by atoms with Crippen LogP contribution in [-0.2, 0) is 5.41 Å². The van der Waals surface area contributed by atoms with Crippen molar-refractivity contribution in [3.8, 4) is 39.1 Å². The first-order valence-electron chi connectivity index (χ1n) is 24.0. The minimum Gasteiger partial charge on any atom is -0.309 e. The van der Waals surface area contributed by atoms with Gasteiger partial charge in [-0.05, 0) is 113 Å². The molecule has 13 aromatic rings. The van der Waals surface area contributed by atoms with Crippen LogP contribution in [0.1, 0.15) is 22.3 Å². The van der Waals surface area contributed by atoms with Crippen LogP contribution in [0.3, 0.4) is 0 Å². The van der Waals surface area contributed by atoms with Crippen molar-refractivity contribution in [2.45, 2.75) is 5.41 Å². The molecular weight excluding hydrogens is 833 g/mol. The van der Waals surface area contributed by atoms with Crippen LogP contribution in [0.25, 0.3) is 93.2 Å². The molecule has 1 atom stereocenters. The van der Waals surface area contributed by atoms with Crippen LogP contribution in [0.15, 0.2) is 255 Å². The van der Waals surface area contributed by atoms with Crippen molar-refractivity contribution in [2.75, 3.05) is 4.90 Å². The van der Waals surface area contributed by atoms with E-state index in [1.165, 1.54) is 110 Å². The Bertz CT molecular complexity index is 4280. The average Bonchev–Trinajstić information content (AvgIpc) is 3.91. The molecule has 1 aromatic heterocycles. The standard InChI is InChI=1S/C67H42N2/c1-3-22-46-43(19-1)21-17-31-48(46)50-25-5-6-26-51(50)54-28-10-14-36-62(54)68(65-41-44-20-2-4-23-47(44)49-24-7-8-29-55(49)65)45-39-40-53-52-27-9-12-33-58(52)67(61(53)42-45)59-34-13-16-38-64(59)69-63-37-15-11-30-56(63)57-32-18-35-60(67)66(57)69/h1-42H. The molecule has 1 aliphatic heterocycles. The second-order valence-electron chi connectivity index (χ2n) is 18.7. The van der Waals surface area contributed by atoms with E-state index in [2.05, 4.69) is 264 Å². The summed E-state index contributed by atoms with van der Waals surface area (Å²) < 4.78 is 2.53. The van der Waals surface area contributed by atoms with E-state index in [0.29, 0.717) is 0 Å². The van der Waals surface area contributed by atoms with Gasteiger partial charge in [0.05, 0.1) is 33.5 Å². The topological polar surface area (TPSA) is 8.17 Å². The number of aromatic nitrogens is 1. The van der Waals surface area contributed by atoms with Gasteiger partial charge in [-0.15, -0.1) is 0 Å². The maximum atomic E-state index is 2.56. The van der Waals surface area contributed by atoms with Crippen LogP contribution in [0.2, 0.25) is 0 Å². The number of hydrogen-bond acceptors (Lipinski definition) is 1. The van der Waals surface area contributed by atoms with Gasteiger partial charge in [-0.1, -0.05) is 218 Å². The molecule has 12 aromatic carbocycles. The van der Waals surface area contributed by atoms with E-state index >= 15 is 0 Å². The molecule has 2 aliphatic rings. The van der Waals surface area contributed by atoms with Crippen molar-refractivity contribution in [1.29, 1.82) is 0 Å². The van der Waals surface area contributed by atoms with Gasteiger partial charge in [0.2, 0.25) is 0 Å². The highest BCUT2D eigenvalue weighted by Gasteiger charge is 2.51. The normalized spacial score (nSPS) is 14.4. The van der Waals surface area contributed by atoms with Crippen molar-refractivity contribution in [3.05, 3.63) is 277 Å². The van der Waals surface area contributed by atoms with Gasteiger partial charge in [-0.25, -0.2) is 0 Å². The summed E-state index contributed by atoms with van der Waals surface area (Å²) in [6.45, 7) is 0. The summed E-state index contributed by atoms with van der Waals surface area (Å²) in [5, 5.41) is 9.91. The van der Waals surface area contributed by atoms with Crippen molar-refractivity contribution >= 4 is 71.2 Å². The van der Waals surface area contributed by atoms with Crippen LogP contribution in [0.5, 0.6) is 0 Å². The highest BCUT2D eigenvalue weighted by Crippen LogP contribution is 2.62. The molecule has 2 heteroatoms. The molecular formula is C67H42N2. The second kappa shape index (κ2) is 14.5. The van der Waals surface area contributed by atoms with Gasteiger partial charge in [0.15, 0.2) is 0 Å². The predicted molar refractivity (Wildman–Crippen MR) is 290 cm³/mol. The highest BCUT2D eigenvalue weighted by atomic mass is 15.1. The van der Waals surface area contributed by atoms with E-state index in [1.807, 2.05) is 0 Å². The maximum absolute atomic E-state index is 2.56. The molecule has 0 radical (unpaired) electrons. The molecule has 0 amide bonds. The van der Waals surface area contributed by atoms with E-state index in [4.69, 9.17) is 0 Å². The van der Waals surface area contributed by atoms with E-state index in [1.54, 1.807) is 0 Å². The summed E-state index contributed by atoms with van der Waals surface area (Å²) in [5.74, 6) is 0. The number of rotatable bonds is 5. The van der Waals surface area contributed by atoms with Crippen LogP contribution in [0, 0.1) is 0 Å². The van der Waals surface area contributed by atoms with Gasteiger partial charge in [-0.2, -0.15) is 0 Å². The SMILES string of the molecule is c1ccc(-c2cccc3ccccc23)c(-c2ccccc2N(c2ccc3c(c2)C2(c4ccccc4-3)c3ccccc3-n3c4ccccc4c4cccc2c43)c2cc3ccccc3c3ccccc23)c1. The van der Waals surface area contributed by atoms with Crippen molar-refractivity contribution in [2.24, 2.45) is 0 Å². The average molecular weight is 875 g/mol. The fourth-order valence-electron chi connectivity index (χ4n) is 12.6. The minimum absolute atomic E-state index is 0.597. The monoisotopic (exact) mass is 874 g/mol. The molecule has 0 fully saturated rings. The summed E-state index contributed by atoms with van der Waals surface area (Å²) >= 11 is 0. The quantitative estimate of drug-likeness (QED) is 0.156. The molecule has 2 nitrogen and oxygen atoms in total. The van der Waals surface area contributed by atoms with E-state index in [0.717, 1.165) is 22.6 Å². The minimum atomic E-state index is -0.597. The number of para-hydroxylation sites is 4. The second-order valence-corrected chi connectivity index (χ2v) is 18.7. The van der Waals surface area contributed by atoms with Crippen LogP contribution in [-0.4, -0.2) is 4.57 Å². The van der Waals surface area contributed by atoms with Crippen molar-refractivity contribution in [1.82, 2.24) is 4.57 Å². The Morgan fingerprint density at radius 1 is 0.290 bits per heavy atom. The van der Waals surface area contributed by atoms with Gasteiger partial charge < -0.3 is 9.47 Å². The molecule has 1 spiro atoms. The summed E-state index contributed by atoms with van der Waals surface area (Å²) in [6, 6.07) is 95.2. The zero-order valence-electron chi connectivity index (χ0n) is 37.6. The Hall–Kier alpha value is -8.98. The highest BCUT2D eigenvalue weighted by molar-refractivity contribution is 6.16. The predicted octanol–water partition coefficient (Wildman–Crippen LogP) is 17.7. The van der Waals surface area contributed by atoms with E-state index in [9.17, 15) is 0 Å². The van der Waals surface area contributed by atoms with Crippen LogP contribution in [0.4, 0.5) is 17.1 Å². The van der Waals surface area contributed by atoms with E-state index in [-0.39, 0.29) is 0 Å². The molecule has 0 bridgehead atoms. The van der Waals surface area contributed by atoms with Gasteiger partial charge in [-0.3, -0.25) is 0 Å². The number of fused-ring (bicyclic) bond motifs is 16. The zero-order valence-corrected chi connectivity index (χ0v) is 37.6. The molecule has 2 heterocycles. The Morgan fingerprint density at radius 2 is 0.841 bits per heavy atom. The first-order chi connectivity index (χ1) is 34.3. The summed E-state index contributed by atoms with van der Waals surface area (Å²) in [6.07, 6.45) is 0. The molecule has 15 rings (SSSR count). The Balaban J connectivity index is 1.05. The van der Waals surface area contributed by atoms with Crippen molar-refractivity contribution in [3.63, 3.8) is 0 Å². The Labute approximate surface area is 400 Å². The summed E-state index contributed by atoms with van der Waals surface area (Å²) in [5.41, 5.74) is 19.0. The molecule has 0 saturated heterocycles. The first kappa shape index (κ1) is 38.2. The van der Waals surface area contributed by atoms with Crippen LogP contribution >= 0.6 is 0 Å². The lowest BCUT2D eigenvalue weighted by Gasteiger charge is -2.40. The van der Waals surface area contributed by atoms with E-state index < -0.39 is 5.41 Å². The smallest absolute Gasteiger partial charge is 0.0755 e. The Morgan fingerprint density at radius 3 is 1.70 bits per heavy atom. The molecule has 1 aliphatic carbocycles. The third kappa shape index (κ3) is 5.20. The van der Waals surface area contributed by atoms with Gasteiger partial charge in [0, 0.05) is 27.4 Å². The third-order valence-corrected chi connectivity index (χ3v) is 15.4. The lowest BCUT2D eigenvalue weighted by molar-refractivity contribution is 0.748. The van der Waals surface area contributed by atoms with Crippen molar-refractivity contribution < 1.29 is 0 Å². The number of hydrogen-bond donors (Lipinski definition) is 0. The molecule has 320 valence electrons. The lowest BCUT2D eigenvalue weighted by Crippen LogP contribution is -2.33. The molecule has 0 N–H and O–H groups in total. The molecule has 0 saturated carbocycles. The maximum Gasteiger partial charge on any atom is 0.0755 e. The summed E-state index contributed by atoms with van der Waals surface area (Å²) in [4.78, 5) is 2.56. The van der Waals surface area contributed by atoms with Crippen LogP contribution < -0.4 is 4.90 Å². The largest absolute Gasteiger partial charge is 0.309 e. The Kier molecular flexibility index (Phi) is 8.02. The summed E-state index contributed by atoms with van der Waals surface area (Å²) in [7, 11) is 0. The number of anilines is 3. The fraction of sp³-hybridized carbons (Fsp3) is 0.0149. The third-order valence-electron chi connectivity index (χ3n) is 15.4. The number of nitrogens with zero attached hydrogens (tertiary/aromatic N) is 2. The molecule has 1 unspecified atom stereocenters. The fourth-order valence-corrected chi connectivity index (χ4v) is 12.6. The van der Waals surface area contributed by atoms with Gasteiger partial charge in [0.1, 0.15) is 0 Å². The van der Waals surface area contributed by atoms with Gasteiger partial charge >= 0.3 is 0 Å². The van der Waals surface area contributed by atoms with Gasteiger partial charge in [0.25, 0.3) is 0 Å². The number of benzene rings is 12. The first-order valence-corrected chi connectivity index (χ1v) is 24.0. The zero-order chi connectivity index (χ0) is 45.2. The lowest BCUT2D eigenvalue weighted by atomic mass is 9.65. The molecule has 69 heavy (non-hydrogen) atoms.